The Morgan fingerprint density at radius 2 is 1.40 bits per heavy atom. The highest BCUT2D eigenvalue weighted by Gasteiger charge is 2.28. The molecule has 10 nitrogen and oxygen atoms in total. The van der Waals surface area contributed by atoms with Gasteiger partial charge in [-0.15, -0.1) is 12.4 Å². The van der Waals surface area contributed by atoms with Crippen molar-refractivity contribution >= 4 is 24.5 Å². The van der Waals surface area contributed by atoms with Gasteiger partial charge in [0.25, 0.3) is 0 Å². The molecule has 4 rings (SSSR count). The number of rotatable bonds is 3. The fraction of sp³-hybridized carbons (Fsp3) is 0.548. The summed E-state index contributed by atoms with van der Waals surface area (Å²) in [5.74, 6) is 0.706. The van der Waals surface area contributed by atoms with Crippen LogP contribution in [0, 0.1) is 22.7 Å². The minimum atomic E-state index is -0.456. The average molecular weight is 599 g/mol. The standard InChI is InChI=1S/C16H21N3O2.C11H13N3.C4H8O2.ClH/c1-16(2,3)21-15(20)19-8-6-13(7-9-19)14-5-4-12(10-17)11-18-14;12-7-9-1-2-11(14-8-9)10-3-5-13-6-4-10;1-3-6-4(2)5;/h4-5,11,13H,6-9H2,1-3H3;1-2,8,10,13H,3-6H2;3H2,1-2H3;1H. The summed E-state index contributed by atoms with van der Waals surface area (Å²) in [4.78, 5) is 32.2. The monoisotopic (exact) mass is 598 g/mol. The Morgan fingerprint density at radius 1 is 0.929 bits per heavy atom. The highest BCUT2D eigenvalue weighted by atomic mass is 35.5. The summed E-state index contributed by atoms with van der Waals surface area (Å²) in [7, 11) is 0. The van der Waals surface area contributed by atoms with E-state index in [2.05, 4.69) is 32.2 Å². The van der Waals surface area contributed by atoms with Gasteiger partial charge < -0.3 is 19.7 Å². The molecule has 228 valence electrons. The van der Waals surface area contributed by atoms with Crippen LogP contribution in [0.15, 0.2) is 36.7 Å². The molecule has 2 aromatic heterocycles. The predicted molar refractivity (Wildman–Crippen MR) is 162 cm³/mol. The largest absolute Gasteiger partial charge is 0.466 e. The molecule has 0 aromatic carbocycles. The molecular weight excluding hydrogens is 556 g/mol. The third-order valence-corrected chi connectivity index (χ3v) is 6.50. The lowest BCUT2D eigenvalue weighted by atomic mass is 9.93. The zero-order valence-corrected chi connectivity index (χ0v) is 26.1. The first kappa shape index (κ1) is 36.3. The van der Waals surface area contributed by atoms with Crippen molar-refractivity contribution in [3.63, 3.8) is 0 Å². The van der Waals surface area contributed by atoms with Gasteiger partial charge >= 0.3 is 12.1 Å². The molecule has 2 aliphatic rings. The maximum absolute atomic E-state index is 12.0. The Labute approximate surface area is 255 Å². The van der Waals surface area contributed by atoms with Gasteiger partial charge in [0.2, 0.25) is 0 Å². The maximum Gasteiger partial charge on any atom is 0.410 e. The summed E-state index contributed by atoms with van der Waals surface area (Å²) in [5, 5.41) is 20.7. The van der Waals surface area contributed by atoms with Crippen molar-refractivity contribution in [2.24, 2.45) is 0 Å². The van der Waals surface area contributed by atoms with Gasteiger partial charge in [-0.2, -0.15) is 10.5 Å². The molecule has 0 saturated carbocycles. The molecule has 42 heavy (non-hydrogen) atoms. The zero-order chi connectivity index (χ0) is 30.3. The fourth-order valence-electron chi connectivity index (χ4n) is 4.43. The number of pyridine rings is 2. The number of hydrogen-bond donors (Lipinski definition) is 1. The summed E-state index contributed by atoms with van der Waals surface area (Å²) >= 11 is 0. The highest BCUT2D eigenvalue weighted by Crippen LogP contribution is 2.27. The molecule has 2 saturated heterocycles. The van der Waals surface area contributed by atoms with Gasteiger partial charge in [-0.05, 0) is 90.7 Å². The van der Waals surface area contributed by atoms with Crippen LogP contribution in [0.25, 0.3) is 0 Å². The average Bonchev–Trinajstić information content (AvgIpc) is 2.97. The van der Waals surface area contributed by atoms with E-state index in [0.29, 0.717) is 42.7 Å². The summed E-state index contributed by atoms with van der Waals surface area (Å²) in [6.45, 7) is 12.8. The van der Waals surface area contributed by atoms with E-state index in [1.165, 1.54) is 6.92 Å². The second kappa shape index (κ2) is 18.7. The first-order chi connectivity index (χ1) is 19.6. The lowest BCUT2D eigenvalue weighted by molar-refractivity contribution is -0.140. The summed E-state index contributed by atoms with van der Waals surface area (Å²) in [6.07, 6.45) is 7.08. The van der Waals surface area contributed by atoms with E-state index in [-0.39, 0.29) is 24.5 Å². The first-order valence-corrected chi connectivity index (χ1v) is 14.1. The van der Waals surface area contributed by atoms with Gasteiger partial charge in [-0.3, -0.25) is 14.8 Å². The Bertz CT molecular complexity index is 1170. The third kappa shape index (κ3) is 13.3. The normalized spacial score (nSPS) is 15.2. The number of piperidine rings is 2. The van der Waals surface area contributed by atoms with Crippen molar-refractivity contribution in [2.75, 3.05) is 32.8 Å². The molecule has 0 aliphatic carbocycles. The lowest BCUT2D eigenvalue weighted by Gasteiger charge is -2.33. The van der Waals surface area contributed by atoms with E-state index in [0.717, 1.165) is 50.2 Å². The van der Waals surface area contributed by atoms with E-state index in [1.807, 2.05) is 39.0 Å². The molecule has 0 radical (unpaired) electrons. The number of carbonyl (C=O) groups excluding carboxylic acids is 2. The molecule has 0 spiro atoms. The first-order valence-electron chi connectivity index (χ1n) is 14.1. The summed E-state index contributed by atoms with van der Waals surface area (Å²) in [5.41, 5.74) is 2.89. The van der Waals surface area contributed by atoms with Crippen molar-refractivity contribution < 1.29 is 19.1 Å². The second-order valence-electron chi connectivity index (χ2n) is 10.9. The molecule has 11 heteroatoms. The molecule has 2 aromatic rings. The number of nitrogens with one attached hydrogen (secondary N) is 1. The van der Waals surface area contributed by atoms with Crippen LogP contribution in [0.1, 0.15) is 94.7 Å². The van der Waals surface area contributed by atoms with Gasteiger partial charge in [-0.25, -0.2) is 4.79 Å². The maximum atomic E-state index is 12.0. The van der Waals surface area contributed by atoms with E-state index >= 15 is 0 Å². The summed E-state index contributed by atoms with van der Waals surface area (Å²) < 4.78 is 9.79. The topological polar surface area (TPSA) is 141 Å². The van der Waals surface area contributed by atoms with Gasteiger partial charge in [-0.1, -0.05) is 0 Å². The van der Waals surface area contributed by atoms with Crippen LogP contribution in [0.5, 0.6) is 0 Å². The van der Waals surface area contributed by atoms with Crippen molar-refractivity contribution in [3.8, 4) is 12.1 Å². The van der Waals surface area contributed by atoms with Gasteiger partial charge in [0.05, 0.1) is 17.7 Å². The van der Waals surface area contributed by atoms with E-state index < -0.39 is 5.60 Å². The molecule has 0 unspecified atom stereocenters. The van der Waals surface area contributed by atoms with Crippen LogP contribution >= 0.6 is 12.4 Å². The number of likely N-dealkylation sites (tertiary alicyclic amines) is 1. The van der Waals surface area contributed by atoms with Crippen molar-refractivity contribution in [3.05, 3.63) is 59.2 Å². The van der Waals surface area contributed by atoms with Crippen molar-refractivity contribution in [2.45, 2.75) is 77.7 Å². The SMILES string of the molecule is CC(C)(C)OC(=O)N1CCC(c2ccc(C#N)cn2)CC1.CCOC(C)=O.Cl.N#Cc1ccc(C2CCNCC2)nc1. The minimum absolute atomic E-state index is 0. The van der Waals surface area contributed by atoms with Crippen LogP contribution in [0.2, 0.25) is 0 Å². The van der Waals surface area contributed by atoms with Crippen LogP contribution in [-0.4, -0.2) is 65.3 Å². The number of esters is 1. The molecular formula is C31H43ClN6O4. The Hall–Kier alpha value is -3.73. The number of carbonyl (C=O) groups is 2. The van der Waals surface area contributed by atoms with Crippen LogP contribution in [0.4, 0.5) is 4.79 Å². The highest BCUT2D eigenvalue weighted by molar-refractivity contribution is 5.85. The second-order valence-corrected chi connectivity index (χ2v) is 10.9. The van der Waals surface area contributed by atoms with E-state index in [4.69, 9.17) is 15.3 Å². The Balaban J connectivity index is 0.000000362. The van der Waals surface area contributed by atoms with Crippen molar-refractivity contribution in [1.29, 1.82) is 10.5 Å². The molecule has 4 heterocycles. The molecule has 2 fully saturated rings. The quantitative estimate of drug-likeness (QED) is 0.454. The van der Waals surface area contributed by atoms with E-state index in [9.17, 15) is 9.59 Å². The predicted octanol–water partition coefficient (Wildman–Crippen LogP) is 5.48. The zero-order valence-electron chi connectivity index (χ0n) is 25.3. The number of nitriles is 2. The van der Waals surface area contributed by atoms with Crippen LogP contribution in [-0.2, 0) is 14.3 Å². The molecule has 1 N–H and O–H groups in total. The number of halogens is 1. The van der Waals surface area contributed by atoms with Gasteiger partial charge in [0.15, 0.2) is 0 Å². The number of aromatic nitrogens is 2. The van der Waals surface area contributed by atoms with Crippen molar-refractivity contribution in [1.82, 2.24) is 20.2 Å². The molecule has 0 atom stereocenters. The Morgan fingerprint density at radius 3 is 1.74 bits per heavy atom. The number of ether oxygens (including phenoxy) is 2. The van der Waals surface area contributed by atoms with E-state index in [1.54, 1.807) is 30.3 Å². The molecule has 1 amide bonds. The lowest BCUT2D eigenvalue weighted by Crippen LogP contribution is -2.41. The summed E-state index contributed by atoms with van der Waals surface area (Å²) in [6, 6.07) is 11.7. The smallest absolute Gasteiger partial charge is 0.410 e. The van der Waals surface area contributed by atoms with Gasteiger partial charge in [0.1, 0.15) is 17.7 Å². The fourth-order valence-corrected chi connectivity index (χ4v) is 4.43. The molecule has 0 bridgehead atoms. The van der Waals surface area contributed by atoms with Crippen LogP contribution < -0.4 is 5.32 Å². The van der Waals surface area contributed by atoms with Gasteiger partial charge in [0, 0.05) is 55.6 Å². The third-order valence-electron chi connectivity index (χ3n) is 6.50. The number of nitrogens with zero attached hydrogens (tertiary/aromatic N) is 5. The number of amides is 1. The molecule has 2 aliphatic heterocycles. The van der Waals surface area contributed by atoms with Crippen LogP contribution in [0.3, 0.4) is 0 Å². The minimum Gasteiger partial charge on any atom is -0.466 e. The number of hydrogen-bond acceptors (Lipinski definition) is 9. The Kier molecular flexibility index (Phi) is 16.1.